The monoisotopic (exact) mass is 543 g/mol. The van der Waals surface area contributed by atoms with Crippen LogP contribution in [0.3, 0.4) is 0 Å². The zero-order valence-electron chi connectivity index (χ0n) is 21.5. The number of rotatable bonds is 11. The minimum Gasteiger partial charge on any atom is -0.493 e. The Hall–Kier alpha value is -4.12. The molecule has 2 amide bonds. The van der Waals surface area contributed by atoms with Gasteiger partial charge in [0.05, 0.1) is 36.1 Å². The second kappa shape index (κ2) is 12.4. The first-order valence-corrected chi connectivity index (χ1v) is 13.2. The van der Waals surface area contributed by atoms with Crippen LogP contribution < -0.4 is 24.4 Å². The largest absolute Gasteiger partial charge is 0.493 e. The van der Waals surface area contributed by atoms with Gasteiger partial charge in [-0.1, -0.05) is 19.1 Å². The molecule has 0 aliphatic heterocycles. The molecule has 0 aromatic heterocycles. The lowest BCUT2D eigenvalue weighted by atomic mass is 10.1. The molecule has 2 N–H and O–H groups in total. The van der Waals surface area contributed by atoms with Crippen LogP contribution in [0.4, 0.5) is 15.8 Å². The molecule has 0 unspecified atom stereocenters. The molecule has 9 nitrogen and oxygen atoms in total. The molecule has 38 heavy (non-hydrogen) atoms. The Morgan fingerprint density at radius 2 is 1.63 bits per heavy atom. The van der Waals surface area contributed by atoms with Gasteiger partial charge in [-0.2, -0.15) is 0 Å². The molecule has 0 aliphatic rings. The van der Waals surface area contributed by atoms with Crippen LogP contribution in [-0.2, 0) is 14.8 Å². The number of methoxy groups -OCH3 is 2. The normalized spacial score (nSPS) is 11.8. The van der Waals surface area contributed by atoms with E-state index in [0.29, 0.717) is 5.75 Å². The summed E-state index contributed by atoms with van der Waals surface area (Å²) >= 11 is 0. The van der Waals surface area contributed by atoms with Crippen LogP contribution >= 0.6 is 0 Å². The van der Waals surface area contributed by atoms with Crippen molar-refractivity contribution in [1.29, 1.82) is 0 Å². The number of anilines is 2. The Bertz CT molecular complexity index is 1400. The summed E-state index contributed by atoms with van der Waals surface area (Å²) in [6.45, 7) is 3.14. The Labute approximate surface area is 221 Å². The highest BCUT2D eigenvalue weighted by atomic mass is 32.2. The number of carbonyl (C=O) groups is 2. The van der Waals surface area contributed by atoms with E-state index in [9.17, 15) is 22.4 Å². The summed E-state index contributed by atoms with van der Waals surface area (Å²) in [5, 5.41) is 5.48. The molecule has 0 heterocycles. The molecular formula is C27H30FN3O6S. The van der Waals surface area contributed by atoms with Crippen LogP contribution in [0.1, 0.15) is 30.6 Å². The highest BCUT2D eigenvalue weighted by molar-refractivity contribution is 7.92. The van der Waals surface area contributed by atoms with Crippen molar-refractivity contribution in [3.8, 4) is 11.5 Å². The molecule has 0 spiro atoms. The maximum absolute atomic E-state index is 13.7. The fourth-order valence-electron chi connectivity index (χ4n) is 3.54. The molecule has 1 atom stereocenters. The van der Waals surface area contributed by atoms with Crippen LogP contribution in [0.15, 0.2) is 71.6 Å². The van der Waals surface area contributed by atoms with Crippen LogP contribution in [-0.4, -0.2) is 47.0 Å². The average molecular weight is 544 g/mol. The van der Waals surface area contributed by atoms with Crippen LogP contribution in [0.25, 0.3) is 0 Å². The fraction of sp³-hybridized carbons (Fsp3) is 0.259. The molecular weight excluding hydrogens is 513 g/mol. The van der Waals surface area contributed by atoms with Crippen molar-refractivity contribution in [3.05, 3.63) is 78.1 Å². The highest BCUT2D eigenvalue weighted by Crippen LogP contribution is 2.32. The first-order chi connectivity index (χ1) is 18.1. The van der Waals surface area contributed by atoms with Crippen molar-refractivity contribution in [1.82, 2.24) is 5.32 Å². The number of sulfonamides is 1. The van der Waals surface area contributed by atoms with Gasteiger partial charge in [-0.05, 0) is 61.9 Å². The van der Waals surface area contributed by atoms with Gasteiger partial charge in [0.15, 0.2) is 11.5 Å². The predicted molar refractivity (Wildman–Crippen MR) is 143 cm³/mol. The van der Waals surface area contributed by atoms with Gasteiger partial charge in [-0.25, -0.2) is 12.8 Å². The third kappa shape index (κ3) is 6.60. The van der Waals surface area contributed by atoms with Crippen molar-refractivity contribution in [2.24, 2.45) is 0 Å². The first-order valence-electron chi connectivity index (χ1n) is 11.8. The number of nitrogens with one attached hydrogen (secondary N) is 2. The lowest BCUT2D eigenvalue weighted by molar-refractivity contribution is -0.114. The minimum absolute atomic E-state index is 0.0686. The van der Waals surface area contributed by atoms with E-state index >= 15 is 0 Å². The number of halogens is 1. The standard InChI is InChI=1S/C27H30FN3O6S/c1-5-18(2)29-27(33)22-8-6-7-9-23(22)30-26(32)17-31(20-12-10-19(28)11-13-20)38(34,35)21-14-15-24(36-3)25(16-21)37-4/h6-16,18H,5,17H2,1-4H3,(H,29,33)(H,30,32)/t18-/m1/s1. The molecule has 0 fully saturated rings. The van der Waals surface area contributed by atoms with Gasteiger partial charge in [0.1, 0.15) is 12.4 Å². The summed E-state index contributed by atoms with van der Waals surface area (Å²) < 4.78 is 52.3. The number of benzene rings is 3. The zero-order valence-corrected chi connectivity index (χ0v) is 22.3. The van der Waals surface area contributed by atoms with Gasteiger partial charge in [-0.3, -0.25) is 13.9 Å². The molecule has 0 saturated heterocycles. The third-order valence-corrected chi connectivity index (χ3v) is 7.55. The van der Waals surface area contributed by atoms with Gasteiger partial charge in [0.2, 0.25) is 5.91 Å². The summed E-state index contributed by atoms with van der Waals surface area (Å²) in [5.74, 6) is -1.14. The van der Waals surface area contributed by atoms with E-state index in [1.165, 1.54) is 44.6 Å². The van der Waals surface area contributed by atoms with Crippen LogP contribution in [0.2, 0.25) is 0 Å². The van der Waals surface area contributed by atoms with E-state index in [-0.39, 0.29) is 39.5 Å². The summed E-state index contributed by atoms with van der Waals surface area (Å²) in [6, 6.07) is 15.1. The molecule has 11 heteroatoms. The number of hydrogen-bond donors (Lipinski definition) is 2. The molecule has 3 rings (SSSR count). The van der Waals surface area contributed by atoms with E-state index in [1.807, 2.05) is 13.8 Å². The lowest BCUT2D eigenvalue weighted by Crippen LogP contribution is -2.38. The quantitative estimate of drug-likeness (QED) is 0.375. The molecule has 0 bridgehead atoms. The van der Waals surface area contributed by atoms with Crippen molar-refractivity contribution >= 4 is 33.2 Å². The fourth-order valence-corrected chi connectivity index (χ4v) is 4.98. The van der Waals surface area contributed by atoms with Crippen molar-refractivity contribution < 1.29 is 31.9 Å². The smallest absolute Gasteiger partial charge is 0.264 e. The SMILES string of the molecule is CC[C@@H](C)NC(=O)c1ccccc1NC(=O)CN(c1ccc(F)cc1)S(=O)(=O)c1ccc(OC)c(OC)c1. The summed E-state index contributed by atoms with van der Waals surface area (Å²) in [5.41, 5.74) is 0.525. The highest BCUT2D eigenvalue weighted by Gasteiger charge is 2.29. The molecule has 0 aliphatic carbocycles. The average Bonchev–Trinajstić information content (AvgIpc) is 2.91. The molecule has 0 radical (unpaired) electrons. The van der Waals surface area contributed by atoms with Crippen LogP contribution in [0, 0.1) is 5.82 Å². The maximum Gasteiger partial charge on any atom is 0.264 e. The summed E-state index contributed by atoms with van der Waals surface area (Å²) in [4.78, 5) is 25.7. The lowest BCUT2D eigenvalue weighted by Gasteiger charge is -2.25. The number of nitrogens with zero attached hydrogens (tertiary/aromatic N) is 1. The second-order valence-corrected chi connectivity index (χ2v) is 10.2. The first kappa shape index (κ1) is 28.5. The van der Waals surface area contributed by atoms with Crippen molar-refractivity contribution in [3.63, 3.8) is 0 Å². The van der Waals surface area contributed by atoms with E-state index in [0.717, 1.165) is 22.9 Å². The number of amides is 2. The van der Waals surface area contributed by atoms with E-state index < -0.39 is 28.3 Å². The van der Waals surface area contributed by atoms with Crippen molar-refractivity contribution in [2.75, 3.05) is 30.4 Å². The summed E-state index contributed by atoms with van der Waals surface area (Å²) in [7, 11) is -1.53. The summed E-state index contributed by atoms with van der Waals surface area (Å²) in [6.07, 6.45) is 0.723. The van der Waals surface area contributed by atoms with Crippen LogP contribution in [0.5, 0.6) is 11.5 Å². The Kier molecular flexibility index (Phi) is 9.30. The predicted octanol–water partition coefficient (Wildman–Crippen LogP) is 4.21. The van der Waals surface area contributed by atoms with E-state index in [4.69, 9.17) is 9.47 Å². The van der Waals surface area contributed by atoms with E-state index in [2.05, 4.69) is 10.6 Å². The molecule has 0 saturated carbocycles. The van der Waals surface area contributed by atoms with Gasteiger partial charge >= 0.3 is 0 Å². The number of para-hydroxylation sites is 1. The van der Waals surface area contributed by atoms with E-state index in [1.54, 1.807) is 24.3 Å². The van der Waals surface area contributed by atoms with Gasteiger partial charge < -0.3 is 20.1 Å². The third-order valence-electron chi connectivity index (χ3n) is 5.78. The Balaban J connectivity index is 1.95. The Morgan fingerprint density at radius 3 is 2.26 bits per heavy atom. The topological polar surface area (TPSA) is 114 Å². The molecule has 3 aromatic rings. The zero-order chi connectivity index (χ0) is 27.9. The van der Waals surface area contributed by atoms with Gasteiger partial charge in [0.25, 0.3) is 15.9 Å². The minimum atomic E-state index is -4.32. The van der Waals surface area contributed by atoms with Crippen molar-refractivity contribution in [2.45, 2.75) is 31.2 Å². The second-order valence-electron chi connectivity index (χ2n) is 8.38. The molecule has 202 valence electrons. The number of ether oxygens (including phenoxy) is 2. The number of hydrogen-bond acceptors (Lipinski definition) is 6. The van der Waals surface area contributed by atoms with Gasteiger partial charge in [0, 0.05) is 12.1 Å². The number of carbonyl (C=O) groups excluding carboxylic acids is 2. The molecule has 3 aromatic carbocycles. The maximum atomic E-state index is 13.7. The van der Waals surface area contributed by atoms with Gasteiger partial charge in [-0.15, -0.1) is 0 Å². The Morgan fingerprint density at radius 1 is 0.974 bits per heavy atom.